The molecule has 0 amide bonds. The van der Waals surface area contributed by atoms with E-state index in [2.05, 4.69) is 10.3 Å². The molecule has 0 aliphatic carbocycles. The van der Waals surface area contributed by atoms with Crippen molar-refractivity contribution in [3.8, 4) is 11.3 Å². The van der Waals surface area contributed by atoms with Gasteiger partial charge in [-0.1, -0.05) is 12.1 Å². The maximum absolute atomic E-state index is 14.0. The van der Waals surface area contributed by atoms with Gasteiger partial charge in [-0.15, -0.1) is 0 Å². The molecule has 0 unspecified atom stereocenters. The van der Waals surface area contributed by atoms with Crippen LogP contribution in [0.3, 0.4) is 0 Å². The van der Waals surface area contributed by atoms with E-state index >= 15 is 0 Å². The van der Waals surface area contributed by atoms with Gasteiger partial charge in [0.05, 0.1) is 17.3 Å². The van der Waals surface area contributed by atoms with Gasteiger partial charge in [-0.05, 0) is 91.8 Å². The largest absolute Gasteiger partial charge is 0.478 e. The van der Waals surface area contributed by atoms with E-state index in [-0.39, 0.29) is 23.5 Å². The van der Waals surface area contributed by atoms with Crippen molar-refractivity contribution >= 4 is 29.0 Å². The van der Waals surface area contributed by atoms with E-state index in [1.807, 2.05) is 42.2 Å². The van der Waals surface area contributed by atoms with Crippen molar-refractivity contribution < 1.29 is 18.7 Å². The number of rotatable bonds is 5. The number of aromatic carboxylic acids is 1. The highest BCUT2D eigenvalue weighted by atomic mass is 32.1. The van der Waals surface area contributed by atoms with Crippen LogP contribution in [0.2, 0.25) is 0 Å². The Balaban J connectivity index is 1.60. The molecular weight excluding hydrogens is 465 g/mol. The highest BCUT2D eigenvalue weighted by Crippen LogP contribution is 2.43. The molecule has 8 heteroatoms. The molecule has 2 N–H and O–H groups in total. The Morgan fingerprint density at radius 3 is 2.60 bits per heavy atom. The second-order valence-corrected chi connectivity index (χ2v) is 8.85. The maximum Gasteiger partial charge on any atom is 0.335 e. The van der Waals surface area contributed by atoms with Crippen molar-refractivity contribution in [3.05, 3.63) is 107 Å². The summed E-state index contributed by atoms with van der Waals surface area (Å²) in [5.74, 6) is -0.00654. The number of halogens is 1. The van der Waals surface area contributed by atoms with Gasteiger partial charge in [-0.2, -0.15) is 0 Å². The molecule has 1 fully saturated rings. The van der Waals surface area contributed by atoms with Gasteiger partial charge in [0.15, 0.2) is 5.11 Å². The summed E-state index contributed by atoms with van der Waals surface area (Å²) in [6.45, 7) is 3.56. The third-order valence-corrected chi connectivity index (χ3v) is 6.49. The fraction of sp³-hybridized carbons (Fsp3) is 0.148. The van der Waals surface area contributed by atoms with E-state index in [1.54, 1.807) is 43.5 Å². The van der Waals surface area contributed by atoms with Crippen molar-refractivity contribution in [1.29, 1.82) is 0 Å². The molecule has 2 atom stereocenters. The minimum Gasteiger partial charge on any atom is -0.478 e. The number of thiocarbonyl (C=S) groups is 1. The van der Waals surface area contributed by atoms with Crippen molar-refractivity contribution in [1.82, 2.24) is 10.3 Å². The number of carboxylic acids is 1. The van der Waals surface area contributed by atoms with Crippen molar-refractivity contribution in [2.75, 3.05) is 4.90 Å². The third kappa shape index (κ3) is 4.17. The fourth-order valence-corrected chi connectivity index (χ4v) is 4.78. The number of carbonyl (C=O) groups is 1. The zero-order valence-electron chi connectivity index (χ0n) is 19.0. The predicted octanol–water partition coefficient (Wildman–Crippen LogP) is 5.97. The number of aryl methyl sites for hydroxylation is 2. The minimum absolute atomic E-state index is 0.219. The molecule has 176 valence electrons. The Hall–Kier alpha value is -4.04. The predicted molar refractivity (Wildman–Crippen MR) is 135 cm³/mol. The molecule has 2 aromatic carbocycles. The lowest BCUT2D eigenvalue weighted by Gasteiger charge is -2.26. The molecule has 6 nitrogen and oxygen atoms in total. The van der Waals surface area contributed by atoms with Crippen LogP contribution in [0.1, 0.15) is 45.0 Å². The summed E-state index contributed by atoms with van der Waals surface area (Å²) in [4.78, 5) is 17.8. The Kier molecular flexibility index (Phi) is 5.82. The minimum atomic E-state index is -0.978. The first-order valence-electron chi connectivity index (χ1n) is 11.0. The second-order valence-electron chi connectivity index (χ2n) is 8.47. The average molecular weight is 488 g/mol. The van der Waals surface area contributed by atoms with Gasteiger partial charge in [0, 0.05) is 17.4 Å². The first kappa shape index (κ1) is 22.7. The zero-order valence-corrected chi connectivity index (χ0v) is 19.8. The fourth-order valence-electron chi connectivity index (χ4n) is 4.43. The van der Waals surface area contributed by atoms with E-state index in [4.69, 9.17) is 16.6 Å². The molecule has 0 spiro atoms. The number of anilines is 1. The van der Waals surface area contributed by atoms with Gasteiger partial charge in [-0.25, -0.2) is 9.18 Å². The number of aromatic nitrogens is 1. The van der Waals surface area contributed by atoms with Crippen molar-refractivity contribution in [3.63, 3.8) is 0 Å². The number of benzene rings is 2. The molecule has 1 saturated heterocycles. The maximum atomic E-state index is 14.0. The number of carboxylic acid groups (broad SMARTS) is 1. The third-order valence-electron chi connectivity index (χ3n) is 6.17. The number of nitrogens with zero attached hydrogens (tertiary/aromatic N) is 2. The van der Waals surface area contributed by atoms with Crippen molar-refractivity contribution in [2.24, 2.45) is 0 Å². The summed E-state index contributed by atoms with van der Waals surface area (Å²) < 4.78 is 20.4. The van der Waals surface area contributed by atoms with Gasteiger partial charge < -0.3 is 19.7 Å². The molecule has 2 aromatic heterocycles. The molecular formula is C27H22FN3O3S. The van der Waals surface area contributed by atoms with Crippen LogP contribution in [0.5, 0.6) is 0 Å². The van der Waals surface area contributed by atoms with E-state index in [0.717, 1.165) is 22.5 Å². The van der Waals surface area contributed by atoms with Gasteiger partial charge >= 0.3 is 5.97 Å². The summed E-state index contributed by atoms with van der Waals surface area (Å²) in [5, 5.41) is 13.1. The lowest BCUT2D eigenvalue weighted by Crippen LogP contribution is -2.29. The lowest BCUT2D eigenvalue weighted by atomic mass is 10.0. The average Bonchev–Trinajstić information content (AvgIpc) is 3.46. The Morgan fingerprint density at radius 1 is 1.09 bits per heavy atom. The lowest BCUT2D eigenvalue weighted by molar-refractivity contribution is 0.0696. The first-order chi connectivity index (χ1) is 16.8. The highest BCUT2D eigenvalue weighted by Gasteiger charge is 2.42. The molecule has 3 heterocycles. The molecule has 5 rings (SSSR count). The smallest absolute Gasteiger partial charge is 0.335 e. The standard InChI is InChI=1S/C27H22FN3O3S/c1-15-13-17(26(32)33)6-8-19(15)22-10-11-23(34-22)25-24(21-5-3-4-12-29-21)30-27(35)31(25)18-7-9-20(28)16(2)14-18/h3-14,24-25H,1-2H3,(H,30,35)(H,32,33)/t24-,25+/m1/s1. The number of hydrogen-bond donors (Lipinski definition) is 2. The number of pyridine rings is 1. The number of hydrogen-bond acceptors (Lipinski definition) is 4. The van der Waals surface area contributed by atoms with Gasteiger partial charge in [0.1, 0.15) is 23.4 Å². The molecule has 35 heavy (non-hydrogen) atoms. The molecule has 4 aromatic rings. The molecule has 0 saturated carbocycles. The number of furan rings is 1. The highest BCUT2D eigenvalue weighted by molar-refractivity contribution is 7.80. The summed E-state index contributed by atoms with van der Waals surface area (Å²) in [5.41, 5.74) is 3.86. The molecule has 0 radical (unpaired) electrons. The van der Waals surface area contributed by atoms with Gasteiger partial charge in [0.25, 0.3) is 0 Å². The zero-order chi connectivity index (χ0) is 24.7. The molecule has 1 aliphatic rings. The Bertz CT molecular complexity index is 1440. The van der Waals surface area contributed by atoms with E-state index in [0.29, 0.717) is 22.2 Å². The monoisotopic (exact) mass is 487 g/mol. The van der Waals surface area contributed by atoms with Crippen LogP contribution in [-0.4, -0.2) is 21.2 Å². The van der Waals surface area contributed by atoms with Crippen LogP contribution < -0.4 is 10.2 Å². The molecule has 0 bridgehead atoms. The van der Waals surface area contributed by atoms with E-state index < -0.39 is 5.97 Å². The van der Waals surface area contributed by atoms with Gasteiger partial charge in [-0.3, -0.25) is 4.98 Å². The first-order valence-corrected chi connectivity index (χ1v) is 11.4. The Labute approximate surface area is 207 Å². The van der Waals surface area contributed by atoms with Crippen LogP contribution in [-0.2, 0) is 0 Å². The topological polar surface area (TPSA) is 78.6 Å². The van der Waals surface area contributed by atoms with Gasteiger partial charge in [0.2, 0.25) is 0 Å². The second kappa shape index (κ2) is 8.96. The summed E-state index contributed by atoms with van der Waals surface area (Å²) >= 11 is 5.71. The normalized spacial score (nSPS) is 17.5. The summed E-state index contributed by atoms with van der Waals surface area (Å²) in [7, 11) is 0. The SMILES string of the molecule is Cc1cc(N2C(=S)N[C@H](c3ccccn3)[C@@H]2c2ccc(-c3ccc(C(=O)O)cc3C)o2)ccc1F. The van der Waals surface area contributed by atoms with Crippen LogP contribution >= 0.6 is 12.2 Å². The van der Waals surface area contributed by atoms with Crippen LogP contribution in [0.4, 0.5) is 10.1 Å². The summed E-state index contributed by atoms with van der Waals surface area (Å²) in [6, 6.07) is 18.6. The quantitative estimate of drug-likeness (QED) is 0.336. The van der Waals surface area contributed by atoms with Crippen LogP contribution in [0, 0.1) is 19.7 Å². The van der Waals surface area contributed by atoms with E-state index in [9.17, 15) is 14.3 Å². The Morgan fingerprint density at radius 2 is 1.91 bits per heavy atom. The number of nitrogens with one attached hydrogen (secondary N) is 1. The molecule has 1 aliphatic heterocycles. The van der Waals surface area contributed by atoms with Crippen LogP contribution in [0.15, 0.2) is 77.3 Å². The van der Waals surface area contributed by atoms with Crippen molar-refractivity contribution in [2.45, 2.75) is 25.9 Å². The van der Waals surface area contributed by atoms with Crippen LogP contribution in [0.25, 0.3) is 11.3 Å². The van der Waals surface area contributed by atoms with E-state index in [1.165, 1.54) is 6.07 Å². The summed E-state index contributed by atoms with van der Waals surface area (Å²) in [6.07, 6.45) is 1.72.